The maximum atomic E-state index is 12.7. The summed E-state index contributed by atoms with van der Waals surface area (Å²) >= 11 is 0. The molecule has 9 nitrogen and oxygen atoms in total. The molecule has 0 bridgehead atoms. The summed E-state index contributed by atoms with van der Waals surface area (Å²) in [5, 5.41) is 11.6. The van der Waals surface area contributed by atoms with E-state index in [1.165, 1.54) is 10.5 Å². The Morgan fingerprint density at radius 1 is 0.857 bits per heavy atom. The second kappa shape index (κ2) is 7.87. The Morgan fingerprint density at radius 2 is 1.64 bits per heavy atom. The topological polar surface area (TPSA) is 104 Å². The first-order chi connectivity index (χ1) is 13.6. The van der Waals surface area contributed by atoms with Gasteiger partial charge in [0.05, 0.1) is 0 Å². The van der Waals surface area contributed by atoms with Crippen molar-refractivity contribution in [1.29, 1.82) is 0 Å². The Kier molecular flexibility index (Phi) is 5.13. The molecule has 1 N–H and O–H groups in total. The number of nitrogens with one attached hydrogen (secondary N) is 1. The minimum Gasteiger partial charge on any atom is -0.352 e. The van der Waals surface area contributed by atoms with Crippen molar-refractivity contribution >= 4 is 27.3 Å². The highest BCUT2D eigenvalue weighted by atomic mass is 32.2. The summed E-state index contributed by atoms with van der Waals surface area (Å²) in [4.78, 5) is 10.1. The van der Waals surface area contributed by atoms with Crippen molar-refractivity contribution in [2.45, 2.75) is 4.90 Å². The first kappa shape index (κ1) is 18.3. The second-order valence-corrected chi connectivity index (χ2v) is 8.16. The fourth-order valence-corrected chi connectivity index (χ4v) is 4.34. The summed E-state index contributed by atoms with van der Waals surface area (Å²) in [6, 6.07) is 10.6. The Labute approximate surface area is 163 Å². The molecule has 1 aliphatic heterocycles. The molecule has 1 aliphatic rings. The summed E-state index contributed by atoms with van der Waals surface area (Å²) in [6.07, 6.45) is 6.33. The van der Waals surface area contributed by atoms with Crippen LogP contribution in [0.3, 0.4) is 0 Å². The lowest BCUT2D eigenvalue weighted by Crippen LogP contribution is -2.49. The number of aromatic nitrogens is 4. The van der Waals surface area contributed by atoms with E-state index in [0.717, 1.165) is 11.5 Å². The minimum atomic E-state index is -3.52. The minimum absolute atomic E-state index is 0.217. The summed E-state index contributed by atoms with van der Waals surface area (Å²) in [7, 11) is -3.52. The van der Waals surface area contributed by atoms with Gasteiger partial charge in [-0.2, -0.15) is 4.31 Å². The normalized spacial score (nSPS) is 15.4. The molecular weight excluding hydrogens is 378 g/mol. The predicted molar refractivity (Wildman–Crippen MR) is 105 cm³/mol. The van der Waals surface area contributed by atoms with E-state index in [9.17, 15) is 8.42 Å². The monoisotopic (exact) mass is 397 g/mol. The summed E-state index contributed by atoms with van der Waals surface area (Å²) in [5.74, 6) is 1.35. The van der Waals surface area contributed by atoms with E-state index in [-0.39, 0.29) is 4.90 Å². The zero-order chi connectivity index (χ0) is 19.4. The van der Waals surface area contributed by atoms with Gasteiger partial charge in [-0.05, 0) is 36.4 Å². The number of rotatable bonds is 5. The third-order valence-corrected chi connectivity index (χ3v) is 6.32. The predicted octanol–water partition coefficient (Wildman–Crippen LogP) is 1.52. The first-order valence-corrected chi connectivity index (χ1v) is 10.2. The third-order valence-electron chi connectivity index (χ3n) is 4.44. The highest BCUT2D eigenvalue weighted by Crippen LogP contribution is 2.20. The van der Waals surface area contributed by atoms with Gasteiger partial charge in [0.2, 0.25) is 10.0 Å². The molecule has 0 aromatic carbocycles. The van der Waals surface area contributed by atoms with E-state index >= 15 is 0 Å². The molecule has 0 amide bonds. The molecular formula is C18H19N7O2S. The summed E-state index contributed by atoms with van der Waals surface area (Å²) in [6.45, 7) is 1.86. The van der Waals surface area contributed by atoms with Crippen molar-refractivity contribution in [2.24, 2.45) is 0 Å². The van der Waals surface area contributed by atoms with Crippen LogP contribution in [0.2, 0.25) is 0 Å². The van der Waals surface area contributed by atoms with Crippen LogP contribution in [0.1, 0.15) is 0 Å². The molecule has 0 aliphatic carbocycles. The number of sulfonamides is 1. The van der Waals surface area contributed by atoms with Gasteiger partial charge >= 0.3 is 0 Å². The van der Waals surface area contributed by atoms with Gasteiger partial charge < -0.3 is 10.2 Å². The van der Waals surface area contributed by atoms with Gasteiger partial charge in [0.15, 0.2) is 11.6 Å². The van der Waals surface area contributed by atoms with Gasteiger partial charge in [-0.1, -0.05) is 0 Å². The van der Waals surface area contributed by atoms with Crippen molar-refractivity contribution in [1.82, 2.24) is 24.5 Å². The van der Waals surface area contributed by atoms with E-state index in [2.05, 4.69) is 25.5 Å². The molecule has 3 aromatic heterocycles. The van der Waals surface area contributed by atoms with Crippen LogP contribution in [0.25, 0.3) is 0 Å². The third kappa shape index (κ3) is 3.92. The summed E-state index contributed by atoms with van der Waals surface area (Å²) < 4.78 is 26.8. The maximum Gasteiger partial charge on any atom is 0.244 e. The Morgan fingerprint density at radius 3 is 2.29 bits per heavy atom. The number of hydrogen-bond donors (Lipinski definition) is 1. The molecule has 144 valence electrons. The van der Waals surface area contributed by atoms with Gasteiger partial charge in [0, 0.05) is 56.7 Å². The fourth-order valence-electron chi connectivity index (χ4n) is 2.95. The van der Waals surface area contributed by atoms with Crippen LogP contribution in [0, 0.1) is 0 Å². The average molecular weight is 397 g/mol. The molecule has 10 heteroatoms. The number of piperazine rings is 1. The van der Waals surface area contributed by atoms with Crippen LogP contribution in [0.4, 0.5) is 17.3 Å². The summed E-state index contributed by atoms with van der Waals surface area (Å²) in [5.41, 5.74) is 0.881. The molecule has 1 fully saturated rings. The SMILES string of the molecule is O=S(=O)(c1cccnc1)N1CCN(c2ccc(Nc3ccncc3)nn2)CC1. The molecule has 3 aromatic rings. The van der Waals surface area contributed by atoms with Crippen molar-refractivity contribution < 1.29 is 8.42 Å². The highest BCUT2D eigenvalue weighted by molar-refractivity contribution is 7.89. The number of pyridine rings is 2. The number of hydrogen-bond acceptors (Lipinski definition) is 8. The standard InChI is InChI=1S/C18H19N7O2S/c26-28(27,16-2-1-7-20-14-16)25-12-10-24(11-13-25)18-4-3-17(22-23-18)21-15-5-8-19-9-6-15/h1-9,14H,10-13H2,(H,19,21,22). The molecule has 4 heterocycles. The van der Waals surface area contributed by atoms with Gasteiger partial charge in [-0.25, -0.2) is 8.42 Å². The smallest absolute Gasteiger partial charge is 0.244 e. The van der Waals surface area contributed by atoms with Crippen molar-refractivity contribution in [2.75, 3.05) is 36.4 Å². The van der Waals surface area contributed by atoms with Crippen LogP contribution in [0.15, 0.2) is 66.1 Å². The molecule has 0 spiro atoms. The fraction of sp³-hybridized carbons (Fsp3) is 0.222. The van der Waals surface area contributed by atoms with E-state index < -0.39 is 10.0 Å². The molecule has 0 unspecified atom stereocenters. The average Bonchev–Trinajstić information content (AvgIpc) is 2.76. The van der Waals surface area contributed by atoms with E-state index in [1.807, 2.05) is 29.2 Å². The number of anilines is 3. The van der Waals surface area contributed by atoms with Crippen molar-refractivity contribution in [3.8, 4) is 0 Å². The first-order valence-electron chi connectivity index (χ1n) is 8.79. The van der Waals surface area contributed by atoms with Gasteiger partial charge in [-0.3, -0.25) is 9.97 Å². The van der Waals surface area contributed by atoms with Crippen LogP contribution in [-0.4, -0.2) is 59.1 Å². The van der Waals surface area contributed by atoms with Crippen LogP contribution in [-0.2, 0) is 10.0 Å². The zero-order valence-electron chi connectivity index (χ0n) is 15.0. The zero-order valence-corrected chi connectivity index (χ0v) is 15.8. The largest absolute Gasteiger partial charge is 0.352 e. The lowest BCUT2D eigenvalue weighted by molar-refractivity contribution is 0.383. The van der Waals surface area contributed by atoms with Gasteiger partial charge in [0.1, 0.15) is 4.90 Å². The van der Waals surface area contributed by atoms with E-state index in [0.29, 0.717) is 32.0 Å². The molecule has 4 rings (SSSR count). The molecule has 0 radical (unpaired) electrons. The van der Waals surface area contributed by atoms with Crippen molar-refractivity contribution in [3.63, 3.8) is 0 Å². The quantitative estimate of drug-likeness (QED) is 0.691. The van der Waals surface area contributed by atoms with Gasteiger partial charge in [-0.15, -0.1) is 10.2 Å². The highest BCUT2D eigenvalue weighted by Gasteiger charge is 2.29. The molecule has 0 saturated carbocycles. The van der Waals surface area contributed by atoms with Gasteiger partial charge in [0.25, 0.3) is 0 Å². The second-order valence-electron chi connectivity index (χ2n) is 6.22. The van der Waals surface area contributed by atoms with Crippen LogP contribution in [0.5, 0.6) is 0 Å². The molecule has 0 atom stereocenters. The Balaban J connectivity index is 1.39. The molecule has 1 saturated heterocycles. The Bertz CT molecular complexity index is 1010. The van der Waals surface area contributed by atoms with Crippen molar-refractivity contribution in [3.05, 3.63) is 61.2 Å². The number of nitrogens with zero attached hydrogens (tertiary/aromatic N) is 6. The Hall–Kier alpha value is -3.11. The van der Waals surface area contributed by atoms with E-state index in [1.54, 1.807) is 30.7 Å². The van der Waals surface area contributed by atoms with Crippen LogP contribution >= 0.6 is 0 Å². The van der Waals surface area contributed by atoms with E-state index in [4.69, 9.17) is 0 Å². The maximum absolute atomic E-state index is 12.7. The lowest BCUT2D eigenvalue weighted by atomic mass is 10.3. The molecule has 28 heavy (non-hydrogen) atoms. The van der Waals surface area contributed by atoms with Crippen LogP contribution < -0.4 is 10.2 Å². The lowest BCUT2D eigenvalue weighted by Gasteiger charge is -2.34.